The molecule has 0 aliphatic heterocycles. The molecule has 0 aliphatic carbocycles. The Morgan fingerprint density at radius 1 is 1.33 bits per heavy atom. The van der Waals surface area contributed by atoms with E-state index < -0.39 is 22.5 Å². The third kappa shape index (κ3) is 4.11. The highest BCUT2D eigenvalue weighted by Gasteiger charge is 2.16. The highest BCUT2D eigenvalue weighted by molar-refractivity contribution is 7.89. The Balaban J connectivity index is 2.74. The highest BCUT2D eigenvalue weighted by Crippen LogP contribution is 2.24. The van der Waals surface area contributed by atoms with E-state index in [2.05, 4.69) is 10.2 Å². The highest BCUT2D eigenvalue weighted by atomic mass is 35.5. The van der Waals surface area contributed by atoms with E-state index in [1.54, 1.807) is 4.89 Å². The molecule has 0 radical (unpaired) electrons. The number of rotatable bonds is 5. The lowest BCUT2D eigenvalue weighted by atomic mass is 10.4. The summed E-state index contributed by atoms with van der Waals surface area (Å²) in [7, 11) is -2.50. The zero-order valence-corrected chi connectivity index (χ0v) is 11.6. The predicted molar refractivity (Wildman–Crippen MR) is 66.8 cm³/mol. The summed E-state index contributed by atoms with van der Waals surface area (Å²) in [5.74, 6) is -0.466. The summed E-state index contributed by atoms with van der Waals surface area (Å²) >= 11 is 11.4. The number of hydrogen-bond acceptors (Lipinski definition) is 4. The Bertz CT molecular complexity index is 547. The molecule has 6 nitrogen and oxygen atoms in total. The Morgan fingerprint density at radius 2 is 2.00 bits per heavy atom. The number of carbonyl (C=O) groups excluding carboxylic acids is 1. The molecule has 9 heteroatoms. The second-order valence-corrected chi connectivity index (χ2v) is 5.58. The normalized spacial score (nSPS) is 11.3. The van der Waals surface area contributed by atoms with Gasteiger partial charge in [-0.2, -0.15) is 0 Å². The number of benzene rings is 1. The van der Waals surface area contributed by atoms with Gasteiger partial charge in [0, 0.05) is 7.05 Å². The van der Waals surface area contributed by atoms with Gasteiger partial charge in [-0.25, -0.2) is 8.42 Å². The van der Waals surface area contributed by atoms with Crippen molar-refractivity contribution in [3.63, 3.8) is 0 Å². The molecule has 100 valence electrons. The van der Waals surface area contributed by atoms with E-state index in [0.29, 0.717) is 0 Å². The molecule has 0 aromatic heterocycles. The van der Waals surface area contributed by atoms with Crippen LogP contribution < -0.4 is 10.2 Å². The van der Waals surface area contributed by atoms with Gasteiger partial charge in [0.2, 0.25) is 5.91 Å². The lowest BCUT2D eigenvalue weighted by Crippen LogP contribution is -2.31. The Hall–Kier alpha value is -0.860. The first-order valence-electron chi connectivity index (χ1n) is 4.66. The molecular weight excluding hydrogens is 303 g/mol. The van der Waals surface area contributed by atoms with Gasteiger partial charge in [0.25, 0.3) is 10.0 Å². The van der Waals surface area contributed by atoms with Crippen LogP contribution in [0.1, 0.15) is 0 Å². The minimum atomic E-state index is -3.90. The van der Waals surface area contributed by atoms with E-state index in [-0.39, 0.29) is 14.9 Å². The lowest BCUT2D eigenvalue weighted by Gasteiger charge is -2.07. The molecule has 2 N–H and O–H groups in total. The SMILES string of the molecule is CNC(=O)CONS(=O)(=O)c1ccc(Cl)c(Cl)c1. The molecule has 1 aromatic rings. The zero-order chi connectivity index (χ0) is 13.8. The molecular formula is C9H10Cl2N2O4S. The van der Waals surface area contributed by atoms with Crippen molar-refractivity contribution in [3.05, 3.63) is 28.2 Å². The van der Waals surface area contributed by atoms with Gasteiger partial charge >= 0.3 is 0 Å². The lowest BCUT2D eigenvalue weighted by molar-refractivity contribution is -0.126. The van der Waals surface area contributed by atoms with Crippen molar-refractivity contribution in [1.82, 2.24) is 10.2 Å². The largest absolute Gasteiger partial charge is 0.357 e. The van der Waals surface area contributed by atoms with E-state index in [0.717, 1.165) is 0 Å². The van der Waals surface area contributed by atoms with Gasteiger partial charge in [-0.1, -0.05) is 28.1 Å². The molecule has 0 spiro atoms. The van der Waals surface area contributed by atoms with Crippen LogP contribution in [0.3, 0.4) is 0 Å². The number of halogens is 2. The van der Waals surface area contributed by atoms with Gasteiger partial charge in [0.1, 0.15) is 6.61 Å². The maximum absolute atomic E-state index is 11.7. The van der Waals surface area contributed by atoms with E-state index in [1.807, 2.05) is 0 Å². The van der Waals surface area contributed by atoms with Crippen LogP contribution in [0.15, 0.2) is 23.1 Å². The number of carbonyl (C=O) groups is 1. The van der Waals surface area contributed by atoms with E-state index >= 15 is 0 Å². The molecule has 1 rings (SSSR count). The van der Waals surface area contributed by atoms with Crippen LogP contribution in [0.2, 0.25) is 10.0 Å². The molecule has 0 fully saturated rings. The van der Waals surface area contributed by atoms with Crippen molar-refractivity contribution in [2.45, 2.75) is 4.90 Å². The number of sulfonamides is 1. The van der Waals surface area contributed by atoms with Crippen LogP contribution in [0.25, 0.3) is 0 Å². The molecule has 0 unspecified atom stereocenters. The topological polar surface area (TPSA) is 84.5 Å². The van der Waals surface area contributed by atoms with Crippen molar-refractivity contribution in [1.29, 1.82) is 0 Å². The summed E-state index contributed by atoms with van der Waals surface area (Å²) in [5.41, 5.74) is 0. The fraction of sp³-hybridized carbons (Fsp3) is 0.222. The Kier molecular flexibility index (Phi) is 5.36. The maximum atomic E-state index is 11.7. The van der Waals surface area contributed by atoms with Gasteiger partial charge < -0.3 is 5.32 Å². The first-order valence-corrected chi connectivity index (χ1v) is 6.90. The van der Waals surface area contributed by atoms with Crippen molar-refractivity contribution in [3.8, 4) is 0 Å². The summed E-state index contributed by atoms with van der Waals surface area (Å²) < 4.78 is 23.4. The average molecular weight is 313 g/mol. The third-order valence-corrected chi connectivity index (χ3v) is 3.80. The molecule has 0 heterocycles. The summed E-state index contributed by atoms with van der Waals surface area (Å²) in [5, 5.41) is 2.61. The summed E-state index contributed by atoms with van der Waals surface area (Å²) in [4.78, 5) is 17.1. The molecule has 0 bridgehead atoms. The monoisotopic (exact) mass is 312 g/mol. The molecule has 18 heavy (non-hydrogen) atoms. The minimum Gasteiger partial charge on any atom is -0.357 e. The summed E-state index contributed by atoms with van der Waals surface area (Å²) in [6.45, 7) is -0.433. The summed E-state index contributed by atoms with van der Waals surface area (Å²) in [6.07, 6.45) is 0. The summed E-state index contributed by atoms with van der Waals surface area (Å²) in [6, 6.07) is 3.78. The van der Waals surface area contributed by atoms with Crippen LogP contribution in [0.5, 0.6) is 0 Å². The molecule has 1 amide bonds. The second-order valence-electron chi connectivity index (χ2n) is 3.12. The van der Waals surface area contributed by atoms with Crippen LogP contribution in [0.4, 0.5) is 0 Å². The predicted octanol–water partition coefficient (Wildman–Crippen LogP) is 0.949. The third-order valence-electron chi connectivity index (χ3n) is 1.85. The number of likely N-dealkylation sites (N-methyl/N-ethyl adjacent to an activating group) is 1. The van der Waals surface area contributed by atoms with Crippen molar-refractivity contribution in [2.24, 2.45) is 0 Å². The molecule has 0 saturated carbocycles. The number of amides is 1. The van der Waals surface area contributed by atoms with Crippen LogP contribution in [-0.2, 0) is 19.7 Å². The van der Waals surface area contributed by atoms with Crippen molar-refractivity contribution in [2.75, 3.05) is 13.7 Å². The van der Waals surface area contributed by atoms with E-state index in [1.165, 1.54) is 25.2 Å². The zero-order valence-electron chi connectivity index (χ0n) is 9.24. The molecule has 0 atom stereocenters. The minimum absolute atomic E-state index is 0.103. The molecule has 0 aliphatic rings. The Labute approximate surface area is 114 Å². The van der Waals surface area contributed by atoms with Gasteiger partial charge in [-0.15, -0.1) is 0 Å². The van der Waals surface area contributed by atoms with Crippen molar-refractivity contribution >= 4 is 39.1 Å². The first-order chi connectivity index (χ1) is 8.36. The standard InChI is InChI=1S/C9H10Cl2N2O4S/c1-12-9(14)5-17-13-18(15,16)6-2-3-7(10)8(11)4-6/h2-4,13H,5H2,1H3,(H,12,14). The van der Waals surface area contributed by atoms with Crippen LogP contribution in [0, 0.1) is 0 Å². The second kappa shape index (κ2) is 6.35. The fourth-order valence-electron chi connectivity index (χ4n) is 0.937. The van der Waals surface area contributed by atoms with Crippen molar-refractivity contribution < 1.29 is 18.0 Å². The average Bonchev–Trinajstić information content (AvgIpc) is 2.32. The quantitative estimate of drug-likeness (QED) is 0.793. The van der Waals surface area contributed by atoms with E-state index in [9.17, 15) is 13.2 Å². The Morgan fingerprint density at radius 3 is 2.56 bits per heavy atom. The van der Waals surface area contributed by atoms with Gasteiger partial charge in [0.15, 0.2) is 0 Å². The smallest absolute Gasteiger partial charge is 0.262 e. The van der Waals surface area contributed by atoms with Crippen LogP contribution in [-0.4, -0.2) is 28.0 Å². The van der Waals surface area contributed by atoms with E-state index in [4.69, 9.17) is 23.2 Å². The van der Waals surface area contributed by atoms with Crippen LogP contribution >= 0.6 is 23.2 Å². The van der Waals surface area contributed by atoms with Gasteiger partial charge in [0.05, 0.1) is 14.9 Å². The van der Waals surface area contributed by atoms with Gasteiger partial charge in [-0.3, -0.25) is 9.63 Å². The number of hydrogen-bond donors (Lipinski definition) is 2. The maximum Gasteiger partial charge on any atom is 0.262 e. The van der Waals surface area contributed by atoms with Gasteiger partial charge in [-0.05, 0) is 18.2 Å². The fourth-order valence-corrected chi connectivity index (χ4v) is 2.13. The molecule has 0 saturated heterocycles. The molecule has 1 aromatic carbocycles. The number of nitrogens with one attached hydrogen (secondary N) is 2. The first kappa shape index (κ1) is 15.2.